The molecule has 0 fully saturated rings. The summed E-state index contributed by atoms with van der Waals surface area (Å²) < 4.78 is 24.2. The van der Waals surface area contributed by atoms with E-state index >= 15 is 0 Å². The van der Waals surface area contributed by atoms with Crippen LogP contribution in [0.25, 0.3) is 0 Å². The lowest BCUT2D eigenvalue weighted by Gasteiger charge is -2.17. The molecule has 0 saturated carbocycles. The van der Waals surface area contributed by atoms with Crippen LogP contribution in [-0.2, 0) is 0 Å². The van der Waals surface area contributed by atoms with Crippen LogP contribution < -0.4 is 15.2 Å². The summed E-state index contributed by atoms with van der Waals surface area (Å²) in [5.41, 5.74) is 6.70. The zero-order chi connectivity index (χ0) is 14.7. The zero-order valence-electron chi connectivity index (χ0n) is 11.2. The van der Waals surface area contributed by atoms with Gasteiger partial charge in [-0.15, -0.1) is 0 Å². The Morgan fingerprint density at radius 1 is 1.20 bits per heavy atom. The highest BCUT2D eigenvalue weighted by atomic mass is 35.5. The van der Waals surface area contributed by atoms with Crippen LogP contribution >= 0.6 is 11.6 Å². The van der Waals surface area contributed by atoms with Gasteiger partial charge in [0.05, 0.1) is 17.7 Å². The third kappa shape index (κ3) is 3.03. The molecule has 20 heavy (non-hydrogen) atoms. The molecule has 0 spiro atoms. The summed E-state index contributed by atoms with van der Waals surface area (Å²) in [4.78, 5) is 0. The largest absolute Gasteiger partial charge is 0.496 e. The Bertz CT molecular complexity index is 617. The van der Waals surface area contributed by atoms with Gasteiger partial charge in [0.1, 0.15) is 23.1 Å². The lowest BCUT2D eigenvalue weighted by atomic mass is 10.1. The van der Waals surface area contributed by atoms with Crippen molar-refractivity contribution in [1.29, 1.82) is 0 Å². The van der Waals surface area contributed by atoms with Crippen molar-refractivity contribution in [3.05, 3.63) is 52.8 Å². The number of hydrogen-bond donors (Lipinski definition) is 1. The van der Waals surface area contributed by atoms with Crippen LogP contribution in [-0.4, -0.2) is 7.11 Å². The molecule has 0 heterocycles. The standard InChI is InChI=1S/C15H15ClFNO2/c1-9(18)15-13(19-2)4-3-5-14(15)20-10-6-7-12(17)11(16)8-10/h3-9H,18H2,1-2H3/t9-/m0/s1. The Hall–Kier alpha value is -1.78. The quantitative estimate of drug-likeness (QED) is 0.914. The van der Waals surface area contributed by atoms with Gasteiger partial charge in [0.15, 0.2) is 0 Å². The first kappa shape index (κ1) is 14.6. The van der Waals surface area contributed by atoms with Crippen molar-refractivity contribution >= 4 is 11.6 Å². The first-order valence-electron chi connectivity index (χ1n) is 6.08. The Labute approximate surface area is 122 Å². The molecule has 2 aromatic rings. The van der Waals surface area contributed by atoms with E-state index in [4.69, 9.17) is 26.8 Å². The highest BCUT2D eigenvalue weighted by Crippen LogP contribution is 2.36. The molecule has 0 bridgehead atoms. The maximum absolute atomic E-state index is 13.1. The highest BCUT2D eigenvalue weighted by molar-refractivity contribution is 6.30. The summed E-state index contributed by atoms with van der Waals surface area (Å²) in [6.07, 6.45) is 0. The smallest absolute Gasteiger partial charge is 0.142 e. The van der Waals surface area contributed by atoms with Crippen molar-refractivity contribution in [1.82, 2.24) is 0 Å². The molecule has 2 rings (SSSR count). The number of methoxy groups -OCH3 is 1. The maximum atomic E-state index is 13.1. The molecule has 0 aliphatic carbocycles. The van der Waals surface area contributed by atoms with E-state index in [2.05, 4.69) is 0 Å². The monoisotopic (exact) mass is 295 g/mol. The van der Waals surface area contributed by atoms with E-state index in [1.54, 1.807) is 19.2 Å². The number of nitrogens with two attached hydrogens (primary N) is 1. The molecule has 5 heteroatoms. The molecule has 0 aliphatic heterocycles. The van der Waals surface area contributed by atoms with Gasteiger partial charge in [-0.05, 0) is 31.2 Å². The SMILES string of the molecule is COc1cccc(Oc2ccc(F)c(Cl)c2)c1[C@H](C)N. The van der Waals surface area contributed by atoms with Crippen molar-refractivity contribution < 1.29 is 13.9 Å². The fraction of sp³-hybridized carbons (Fsp3) is 0.200. The molecule has 0 aromatic heterocycles. The summed E-state index contributed by atoms with van der Waals surface area (Å²) in [5, 5.41) is 0.00717. The van der Waals surface area contributed by atoms with Crippen LogP contribution in [0.1, 0.15) is 18.5 Å². The highest BCUT2D eigenvalue weighted by Gasteiger charge is 2.15. The molecule has 0 amide bonds. The van der Waals surface area contributed by atoms with E-state index in [9.17, 15) is 4.39 Å². The second kappa shape index (κ2) is 6.11. The number of rotatable bonds is 4. The second-order valence-electron chi connectivity index (χ2n) is 4.34. The Morgan fingerprint density at radius 2 is 1.90 bits per heavy atom. The van der Waals surface area contributed by atoms with Gasteiger partial charge in [0, 0.05) is 12.1 Å². The second-order valence-corrected chi connectivity index (χ2v) is 4.75. The minimum absolute atomic E-state index is 0.00717. The average molecular weight is 296 g/mol. The van der Waals surface area contributed by atoms with Gasteiger partial charge in [-0.3, -0.25) is 0 Å². The lowest BCUT2D eigenvalue weighted by molar-refractivity contribution is 0.397. The summed E-state index contributed by atoms with van der Waals surface area (Å²) in [5.74, 6) is 1.15. The Kier molecular flexibility index (Phi) is 4.47. The first-order chi connectivity index (χ1) is 9.52. The summed E-state index contributed by atoms with van der Waals surface area (Å²) in [6.45, 7) is 1.84. The summed E-state index contributed by atoms with van der Waals surface area (Å²) >= 11 is 5.74. The summed E-state index contributed by atoms with van der Waals surface area (Å²) in [6, 6.07) is 9.29. The van der Waals surface area contributed by atoms with Crippen LogP contribution in [0.5, 0.6) is 17.2 Å². The van der Waals surface area contributed by atoms with E-state index in [1.165, 1.54) is 18.2 Å². The van der Waals surface area contributed by atoms with Crippen LogP contribution in [0.15, 0.2) is 36.4 Å². The van der Waals surface area contributed by atoms with Crippen LogP contribution in [0.4, 0.5) is 4.39 Å². The lowest BCUT2D eigenvalue weighted by Crippen LogP contribution is -2.08. The molecule has 0 saturated heterocycles. The van der Waals surface area contributed by atoms with Crippen LogP contribution in [0.2, 0.25) is 5.02 Å². The predicted molar refractivity (Wildman–Crippen MR) is 77.1 cm³/mol. The maximum Gasteiger partial charge on any atom is 0.142 e. The molecular weight excluding hydrogens is 281 g/mol. The van der Waals surface area contributed by atoms with Crippen LogP contribution in [0, 0.1) is 5.82 Å². The van der Waals surface area contributed by atoms with Gasteiger partial charge in [0.2, 0.25) is 0 Å². The van der Waals surface area contributed by atoms with E-state index < -0.39 is 5.82 Å². The minimum atomic E-state index is -0.489. The van der Waals surface area contributed by atoms with Gasteiger partial charge in [0.25, 0.3) is 0 Å². The topological polar surface area (TPSA) is 44.5 Å². The first-order valence-corrected chi connectivity index (χ1v) is 6.46. The fourth-order valence-electron chi connectivity index (χ4n) is 1.91. The Morgan fingerprint density at radius 3 is 2.50 bits per heavy atom. The van der Waals surface area contributed by atoms with Gasteiger partial charge >= 0.3 is 0 Å². The van der Waals surface area contributed by atoms with Gasteiger partial charge in [-0.2, -0.15) is 0 Å². The molecule has 0 aliphatic rings. The van der Waals surface area contributed by atoms with E-state index in [1.807, 2.05) is 13.0 Å². The average Bonchev–Trinajstić information content (AvgIpc) is 2.42. The van der Waals surface area contributed by atoms with Gasteiger partial charge in [-0.1, -0.05) is 17.7 Å². The number of benzene rings is 2. The normalized spacial score (nSPS) is 12.1. The van der Waals surface area contributed by atoms with E-state index in [0.717, 1.165) is 5.56 Å². The number of ether oxygens (including phenoxy) is 2. The molecule has 2 aromatic carbocycles. The third-order valence-corrected chi connectivity index (χ3v) is 3.11. The number of hydrogen-bond acceptors (Lipinski definition) is 3. The fourth-order valence-corrected chi connectivity index (χ4v) is 2.08. The van der Waals surface area contributed by atoms with E-state index in [0.29, 0.717) is 17.2 Å². The van der Waals surface area contributed by atoms with Crippen molar-refractivity contribution in [2.75, 3.05) is 7.11 Å². The molecule has 106 valence electrons. The van der Waals surface area contributed by atoms with Gasteiger partial charge < -0.3 is 15.2 Å². The van der Waals surface area contributed by atoms with Crippen molar-refractivity contribution in [2.45, 2.75) is 13.0 Å². The minimum Gasteiger partial charge on any atom is -0.496 e. The molecule has 2 N–H and O–H groups in total. The zero-order valence-corrected chi connectivity index (χ0v) is 11.9. The molecule has 3 nitrogen and oxygen atoms in total. The Balaban J connectivity index is 2.40. The molecular formula is C15H15ClFNO2. The molecule has 0 radical (unpaired) electrons. The third-order valence-electron chi connectivity index (χ3n) is 2.82. The van der Waals surface area contributed by atoms with Gasteiger partial charge in [-0.25, -0.2) is 4.39 Å². The number of halogens is 2. The molecule has 0 unspecified atom stereocenters. The van der Waals surface area contributed by atoms with Crippen molar-refractivity contribution in [3.8, 4) is 17.2 Å². The van der Waals surface area contributed by atoms with Crippen molar-refractivity contribution in [2.24, 2.45) is 5.73 Å². The van der Waals surface area contributed by atoms with Crippen LogP contribution in [0.3, 0.4) is 0 Å². The van der Waals surface area contributed by atoms with E-state index in [-0.39, 0.29) is 11.1 Å². The summed E-state index contributed by atoms with van der Waals surface area (Å²) in [7, 11) is 1.57. The molecule has 1 atom stereocenters. The van der Waals surface area contributed by atoms with Crippen molar-refractivity contribution in [3.63, 3.8) is 0 Å². The predicted octanol–water partition coefficient (Wildman–Crippen LogP) is 4.30.